The molecule has 0 fully saturated rings. The lowest BCUT2D eigenvalue weighted by molar-refractivity contribution is -0.106. The van der Waals surface area contributed by atoms with Crippen LogP contribution in [0.4, 0.5) is 5.69 Å². The number of allylic oxidation sites excluding steroid dienone is 5. The molecule has 1 aliphatic heterocycles. The molecule has 0 spiro atoms. The van der Waals surface area contributed by atoms with Crippen LogP contribution < -0.4 is 9.64 Å². The van der Waals surface area contributed by atoms with Crippen LogP contribution in [0.2, 0.25) is 0 Å². The predicted molar refractivity (Wildman–Crippen MR) is 157 cm³/mol. The van der Waals surface area contributed by atoms with E-state index >= 15 is 0 Å². The maximum atomic E-state index is 7.28. The quantitative estimate of drug-likeness (QED) is 0.436. The third-order valence-electron chi connectivity index (χ3n) is 8.04. The van der Waals surface area contributed by atoms with E-state index in [9.17, 15) is 0 Å². The molecule has 198 valence electrons. The van der Waals surface area contributed by atoms with Crippen molar-refractivity contribution in [1.82, 2.24) is 4.90 Å². The summed E-state index contributed by atoms with van der Waals surface area (Å²) in [5, 5.41) is 0. The highest BCUT2D eigenvalue weighted by Crippen LogP contribution is 2.50. The van der Waals surface area contributed by atoms with Gasteiger partial charge in [0.25, 0.3) is 0 Å². The maximum Gasteiger partial charge on any atom is 0.156 e. The molecular weight excluding hydrogens is 470 g/mol. The van der Waals surface area contributed by atoms with Crippen LogP contribution in [-0.2, 0) is 10.3 Å². The van der Waals surface area contributed by atoms with Gasteiger partial charge in [-0.3, -0.25) is 4.99 Å². The number of likely N-dealkylation sites (N-methyl/N-ethyl adjacent to an activating group) is 1. The van der Waals surface area contributed by atoms with E-state index in [0.29, 0.717) is 0 Å². The lowest BCUT2D eigenvalue weighted by atomic mass is 9.70. The molecule has 2 aromatic rings. The van der Waals surface area contributed by atoms with Crippen LogP contribution in [0.15, 0.2) is 101 Å². The summed E-state index contributed by atoms with van der Waals surface area (Å²) in [6.07, 6.45) is 13.8. The monoisotopic (exact) mass is 509 g/mol. The highest BCUT2D eigenvalue weighted by molar-refractivity contribution is 6.02. The van der Waals surface area contributed by atoms with Gasteiger partial charge in [0.15, 0.2) is 6.23 Å². The molecule has 0 N–H and O–H groups in total. The number of methoxy groups -OCH3 is 1. The van der Waals surface area contributed by atoms with Crippen molar-refractivity contribution < 1.29 is 9.47 Å². The third-order valence-corrected chi connectivity index (χ3v) is 8.04. The molecule has 38 heavy (non-hydrogen) atoms. The van der Waals surface area contributed by atoms with Gasteiger partial charge >= 0.3 is 0 Å². The molecule has 3 aliphatic rings. The Bertz CT molecular complexity index is 1300. The first-order valence-electron chi connectivity index (χ1n) is 13.5. The SMILES string of the molecule is CCN(C)c1ccc(C2(c3ccc(OC)cc3)OC(C3C=CC=CC3)N=C3C=C(N(C)C)C(C)=CC32)cc1. The van der Waals surface area contributed by atoms with Crippen molar-refractivity contribution in [2.24, 2.45) is 16.8 Å². The zero-order chi connectivity index (χ0) is 26.9. The summed E-state index contributed by atoms with van der Waals surface area (Å²) in [5.74, 6) is 0.920. The van der Waals surface area contributed by atoms with Crippen LogP contribution in [0.25, 0.3) is 0 Å². The number of anilines is 1. The van der Waals surface area contributed by atoms with E-state index < -0.39 is 5.60 Å². The van der Waals surface area contributed by atoms with Gasteiger partial charge in [-0.15, -0.1) is 0 Å². The Labute approximate surface area is 227 Å². The van der Waals surface area contributed by atoms with Crippen molar-refractivity contribution in [1.29, 1.82) is 0 Å². The smallest absolute Gasteiger partial charge is 0.156 e. The summed E-state index contributed by atoms with van der Waals surface area (Å²) in [6, 6.07) is 17.2. The topological polar surface area (TPSA) is 37.3 Å². The van der Waals surface area contributed by atoms with E-state index in [0.717, 1.165) is 35.6 Å². The average Bonchev–Trinajstić information content (AvgIpc) is 2.96. The van der Waals surface area contributed by atoms with E-state index in [2.05, 4.69) is 118 Å². The van der Waals surface area contributed by atoms with Gasteiger partial charge in [-0.2, -0.15) is 0 Å². The number of hydrogen-bond donors (Lipinski definition) is 0. The molecule has 5 nitrogen and oxygen atoms in total. The average molecular weight is 510 g/mol. The van der Waals surface area contributed by atoms with Crippen molar-refractivity contribution in [3.8, 4) is 5.75 Å². The van der Waals surface area contributed by atoms with Gasteiger partial charge in [0, 0.05) is 45.0 Å². The number of ether oxygens (including phenoxy) is 2. The van der Waals surface area contributed by atoms with Gasteiger partial charge in [-0.25, -0.2) is 0 Å². The molecule has 2 aliphatic carbocycles. The van der Waals surface area contributed by atoms with Crippen molar-refractivity contribution in [3.63, 3.8) is 0 Å². The van der Waals surface area contributed by atoms with Crippen molar-refractivity contribution in [3.05, 3.63) is 107 Å². The van der Waals surface area contributed by atoms with Crippen LogP contribution >= 0.6 is 0 Å². The van der Waals surface area contributed by atoms with Gasteiger partial charge in [0.2, 0.25) is 0 Å². The largest absolute Gasteiger partial charge is 0.497 e. The van der Waals surface area contributed by atoms with Gasteiger partial charge in [0.05, 0.1) is 18.7 Å². The summed E-state index contributed by atoms with van der Waals surface area (Å²) >= 11 is 0. The second-order valence-electron chi connectivity index (χ2n) is 10.6. The number of aliphatic imine (C=N–C) groups is 1. The highest BCUT2D eigenvalue weighted by Gasteiger charge is 2.51. The Kier molecular flexibility index (Phi) is 7.31. The molecule has 0 bridgehead atoms. The highest BCUT2D eigenvalue weighted by atomic mass is 16.5. The predicted octanol–water partition coefficient (Wildman–Crippen LogP) is 6.35. The normalized spacial score (nSPS) is 26.2. The summed E-state index contributed by atoms with van der Waals surface area (Å²) in [7, 11) is 8.01. The molecule has 0 aromatic heterocycles. The first kappa shape index (κ1) is 26.1. The van der Waals surface area contributed by atoms with Crippen molar-refractivity contribution >= 4 is 11.4 Å². The summed E-state index contributed by atoms with van der Waals surface area (Å²) in [4.78, 5) is 9.68. The minimum absolute atomic E-state index is 0.0753. The van der Waals surface area contributed by atoms with E-state index in [-0.39, 0.29) is 18.1 Å². The molecule has 4 atom stereocenters. The molecule has 0 radical (unpaired) electrons. The second-order valence-corrected chi connectivity index (χ2v) is 10.6. The Hall–Kier alpha value is -3.57. The van der Waals surface area contributed by atoms with Gasteiger partial charge in [-0.1, -0.05) is 54.6 Å². The molecule has 2 aromatic carbocycles. The van der Waals surface area contributed by atoms with E-state index in [1.807, 2.05) is 12.1 Å². The number of hydrogen-bond acceptors (Lipinski definition) is 5. The Morgan fingerprint density at radius 3 is 2.26 bits per heavy atom. The molecular formula is C33H39N3O2. The second kappa shape index (κ2) is 10.7. The zero-order valence-electron chi connectivity index (χ0n) is 23.4. The van der Waals surface area contributed by atoms with E-state index in [4.69, 9.17) is 14.5 Å². The lowest BCUT2D eigenvalue weighted by Crippen LogP contribution is -2.50. The van der Waals surface area contributed by atoms with Crippen LogP contribution in [0.5, 0.6) is 5.75 Å². The molecule has 0 saturated heterocycles. The van der Waals surface area contributed by atoms with Gasteiger partial charge in [0.1, 0.15) is 11.4 Å². The minimum Gasteiger partial charge on any atom is -0.497 e. The molecule has 5 heteroatoms. The molecule has 1 heterocycles. The first-order valence-corrected chi connectivity index (χ1v) is 13.5. The fourth-order valence-electron chi connectivity index (χ4n) is 5.77. The standard InChI is InChI=1S/C33H39N3O2/c1-7-36(5)27-17-13-25(14-18-27)33(26-15-19-28(37-6)20-16-26)29-21-23(2)31(35(3)4)22-30(29)34-32(38-33)24-11-9-8-10-12-24/h8-11,13-22,24,29,32H,7,12H2,1-6H3. The Balaban J connectivity index is 1.73. The number of benzene rings is 2. The van der Waals surface area contributed by atoms with E-state index in [1.54, 1.807) is 7.11 Å². The number of rotatable bonds is 7. The van der Waals surface area contributed by atoms with Crippen LogP contribution in [-0.4, -0.2) is 51.6 Å². The minimum atomic E-state index is -0.748. The molecule has 0 saturated carbocycles. The van der Waals surface area contributed by atoms with Crippen LogP contribution in [0.3, 0.4) is 0 Å². The summed E-state index contributed by atoms with van der Waals surface area (Å²) < 4.78 is 12.8. The molecule has 0 amide bonds. The number of nitrogens with zero attached hydrogens (tertiary/aromatic N) is 3. The fourth-order valence-corrected chi connectivity index (χ4v) is 5.77. The summed E-state index contributed by atoms with van der Waals surface area (Å²) in [5.41, 5.74) is 6.13. The van der Waals surface area contributed by atoms with Crippen molar-refractivity contribution in [2.75, 3.05) is 39.7 Å². The molecule has 4 unspecified atom stereocenters. The van der Waals surface area contributed by atoms with Crippen molar-refractivity contribution in [2.45, 2.75) is 32.1 Å². The maximum absolute atomic E-state index is 7.28. The lowest BCUT2D eigenvalue weighted by Gasteiger charge is -2.48. The van der Waals surface area contributed by atoms with Gasteiger partial charge < -0.3 is 19.3 Å². The number of fused-ring (bicyclic) bond motifs is 1. The Morgan fingerprint density at radius 1 is 1.00 bits per heavy atom. The zero-order valence-corrected chi connectivity index (χ0v) is 23.4. The van der Waals surface area contributed by atoms with Crippen LogP contribution in [0, 0.1) is 11.8 Å². The first-order chi connectivity index (χ1) is 18.4. The Morgan fingerprint density at radius 2 is 1.68 bits per heavy atom. The third kappa shape index (κ3) is 4.60. The summed E-state index contributed by atoms with van der Waals surface area (Å²) in [6.45, 7) is 5.30. The fraction of sp³-hybridized carbons (Fsp3) is 0.364. The van der Waals surface area contributed by atoms with E-state index in [1.165, 1.54) is 17.0 Å². The van der Waals surface area contributed by atoms with Gasteiger partial charge in [-0.05, 0) is 67.3 Å². The molecule has 5 rings (SSSR count). The van der Waals surface area contributed by atoms with Crippen LogP contribution in [0.1, 0.15) is 31.4 Å².